The Labute approximate surface area is 103 Å². The van der Waals surface area contributed by atoms with Crippen molar-refractivity contribution in [1.82, 2.24) is 0 Å². The molecule has 0 aliphatic carbocycles. The molecule has 2 rings (SSSR count). The Morgan fingerprint density at radius 2 is 1.28 bits per heavy atom. The molecule has 2 aromatic heterocycles. The van der Waals surface area contributed by atoms with Crippen molar-refractivity contribution < 1.29 is 18.4 Å². The second-order valence-electron chi connectivity index (χ2n) is 3.43. The smallest absolute Gasteiger partial charge is 0.225 e. The molecule has 0 spiro atoms. The Bertz CT molecular complexity index is 517. The second-order valence-corrected chi connectivity index (χ2v) is 3.43. The van der Waals surface area contributed by atoms with Gasteiger partial charge in [-0.3, -0.25) is 9.59 Å². The Kier molecular flexibility index (Phi) is 3.71. The van der Waals surface area contributed by atoms with E-state index >= 15 is 0 Å². The van der Waals surface area contributed by atoms with Crippen molar-refractivity contribution in [2.45, 2.75) is 0 Å². The van der Waals surface area contributed by atoms with Crippen molar-refractivity contribution in [2.24, 2.45) is 0 Å². The maximum Gasteiger partial charge on any atom is 0.225 e. The maximum atomic E-state index is 11.4. The van der Waals surface area contributed by atoms with E-state index in [0.29, 0.717) is 11.5 Å². The SMILES string of the molecule is O=C(/C=C/c1ccco1)C(=O)/C=C/c1ccco1. The number of hydrogen-bond acceptors (Lipinski definition) is 4. The van der Waals surface area contributed by atoms with Crippen LogP contribution in [0.3, 0.4) is 0 Å². The quantitative estimate of drug-likeness (QED) is 0.597. The zero-order chi connectivity index (χ0) is 12.8. The number of carbonyl (C=O) groups is 2. The molecule has 2 heterocycles. The van der Waals surface area contributed by atoms with Crippen LogP contribution in [-0.4, -0.2) is 11.6 Å². The van der Waals surface area contributed by atoms with E-state index in [0.717, 1.165) is 0 Å². The molecule has 4 nitrogen and oxygen atoms in total. The van der Waals surface area contributed by atoms with Gasteiger partial charge < -0.3 is 8.83 Å². The van der Waals surface area contributed by atoms with E-state index < -0.39 is 11.6 Å². The number of furan rings is 2. The molecule has 0 fully saturated rings. The lowest BCUT2D eigenvalue weighted by Gasteiger charge is -1.87. The summed E-state index contributed by atoms with van der Waals surface area (Å²) in [5, 5.41) is 0. The minimum absolute atomic E-state index is 0.520. The van der Waals surface area contributed by atoms with Crippen LogP contribution in [-0.2, 0) is 9.59 Å². The monoisotopic (exact) mass is 242 g/mol. The number of hydrogen-bond donors (Lipinski definition) is 0. The molecule has 0 unspecified atom stereocenters. The highest BCUT2D eigenvalue weighted by Crippen LogP contribution is 2.04. The van der Waals surface area contributed by atoms with Crippen LogP contribution >= 0.6 is 0 Å². The van der Waals surface area contributed by atoms with Gasteiger partial charge in [-0.2, -0.15) is 0 Å². The van der Waals surface area contributed by atoms with Gasteiger partial charge in [0.15, 0.2) is 0 Å². The first kappa shape index (κ1) is 11.9. The summed E-state index contributed by atoms with van der Waals surface area (Å²) in [6.45, 7) is 0. The number of allylic oxidation sites excluding steroid dienone is 2. The van der Waals surface area contributed by atoms with Gasteiger partial charge in [0.05, 0.1) is 12.5 Å². The molecule has 0 radical (unpaired) electrons. The molecular weight excluding hydrogens is 232 g/mol. The highest BCUT2D eigenvalue weighted by molar-refractivity contribution is 6.46. The van der Waals surface area contributed by atoms with Crippen LogP contribution in [0.25, 0.3) is 12.2 Å². The third-order valence-corrected chi connectivity index (χ3v) is 2.13. The topological polar surface area (TPSA) is 60.4 Å². The summed E-state index contributed by atoms with van der Waals surface area (Å²) in [4.78, 5) is 22.9. The van der Waals surface area contributed by atoms with Crippen molar-refractivity contribution >= 4 is 23.7 Å². The normalized spacial score (nSPS) is 11.3. The number of rotatable bonds is 5. The first-order valence-corrected chi connectivity index (χ1v) is 5.27. The van der Waals surface area contributed by atoms with Crippen molar-refractivity contribution in [3.05, 3.63) is 60.5 Å². The van der Waals surface area contributed by atoms with Gasteiger partial charge in [-0.15, -0.1) is 0 Å². The van der Waals surface area contributed by atoms with Crippen LogP contribution in [0, 0.1) is 0 Å². The van der Waals surface area contributed by atoms with Gasteiger partial charge in [-0.25, -0.2) is 0 Å². The lowest BCUT2D eigenvalue weighted by molar-refractivity contribution is -0.130. The number of carbonyl (C=O) groups excluding carboxylic acids is 2. The zero-order valence-corrected chi connectivity index (χ0v) is 9.41. The molecule has 0 atom stereocenters. The van der Waals surface area contributed by atoms with Crippen molar-refractivity contribution in [3.8, 4) is 0 Å². The van der Waals surface area contributed by atoms with E-state index in [1.807, 2.05) is 0 Å². The molecule has 4 heteroatoms. The fourth-order valence-corrected chi connectivity index (χ4v) is 1.25. The van der Waals surface area contributed by atoms with Gasteiger partial charge in [0.1, 0.15) is 11.5 Å². The van der Waals surface area contributed by atoms with Crippen LogP contribution in [0.1, 0.15) is 11.5 Å². The second kappa shape index (κ2) is 5.63. The Hall–Kier alpha value is -2.62. The summed E-state index contributed by atoms with van der Waals surface area (Å²) in [7, 11) is 0. The first-order chi connectivity index (χ1) is 8.75. The zero-order valence-electron chi connectivity index (χ0n) is 9.41. The summed E-state index contributed by atoms with van der Waals surface area (Å²) in [5.41, 5.74) is 0. The molecule has 18 heavy (non-hydrogen) atoms. The maximum absolute atomic E-state index is 11.4. The molecule has 0 aromatic carbocycles. The van der Waals surface area contributed by atoms with Gasteiger partial charge in [0.25, 0.3) is 0 Å². The fraction of sp³-hybridized carbons (Fsp3) is 0. The van der Waals surface area contributed by atoms with Gasteiger partial charge >= 0.3 is 0 Å². The molecule has 0 saturated carbocycles. The molecule has 0 N–H and O–H groups in total. The highest BCUT2D eigenvalue weighted by Gasteiger charge is 2.06. The molecular formula is C14H10O4. The fourth-order valence-electron chi connectivity index (χ4n) is 1.25. The third kappa shape index (κ3) is 3.18. The van der Waals surface area contributed by atoms with Crippen LogP contribution < -0.4 is 0 Å². The van der Waals surface area contributed by atoms with Gasteiger partial charge in [0.2, 0.25) is 11.6 Å². The summed E-state index contributed by atoms with van der Waals surface area (Å²) >= 11 is 0. The van der Waals surface area contributed by atoms with E-state index in [-0.39, 0.29) is 0 Å². The predicted octanol–water partition coefficient (Wildman–Crippen LogP) is 2.74. The largest absolute Gasteiger partial charge is 0.465 e. The van der Waals surface area contributed by atoms with Crippen molar-refractivity contribution in [1.29, 1.82) is 0 Å². The standard InChI is InChI=1S/C14H10O4/c15-13(7-5-11-3-1-9-17-11)14(16)8-6-12-4-2-10-18-12/h1-10H/b7-5+,8-6+. The molecule has 0 aliphatic heterocycles. The molecule has 0 bridgehead atoms. The van der Waals surface area contributed by atoms with Gasteiger partial charge in [0, 0.05) is 0 Å². The van der Waals surface area contributed by atoms with E-state index in [1.54, 1.807) is 24.3 Å². The summed E-state index contributed by atoms with van der Waals surface area (Å²) in [6.07, 6.45) is 8.22. The Balaban J connectivity index is 1.95. The average Bonchev–Trinajstić information content (AvgIpc) is 3.05. The summed E-state index contributed by atoms with van der Waals surface area (Å²) in [6, 6.07) is 6.77. The first-order valence-electron chi connectivity index (χ1n) is 5.27. The molecule has 2 aromatic rings. The summed E-state index contributed by atoms with van der Waals surface area (Å²) in [5.74, 6) is -0.194. The summed E-state index contributed by atoms with van der Waals surface area (Å²) < 4.78 is 10.00. The molecule has 0 amide bonds. The van der Waals surface area contributed by atoms with E-state index in [1.165, 1.54) is 36.8 Å². The Morgan fingerprint density at radius 3 is 1.61 bits per heavy atom. The van der Waals surface area contributed by atoms with Crippen molar-refractivity contribution in [3.63, 3.8) is 0 Å². The minimum atomic E-state index is -0.616. The van der Waals surface area contributed by atoms with E-state index in [9.17, 15) is 9.59 Å². The molecule has 0 saturated heterocycles. The van der Waals surface area contributed by atoms with Crippen LogP contribution in [0.15, 0.2) is 57.8 Å². The lowest BCUT2D eigenvalue weighted by Crippen LogP contribution is -2.06. The lowest BCUT2D eigenvalue weighted by atomic mass is 10.2. The minimum Gasteiger partial charge on any atom is -0.465 e. The van der Waals surface area contributed by atoms with E-state index in [2.05, 4.69) is 0 Å². The van der Waals surface area contributed by atoms with Crippen molar-refractivity contribution in [2.75, 3.05) is 0 Å². The predicted molar refractivity (Wildman–Crippen MR) is 65.5 cm³/mol. The third-order valence-electron chi connectivity index (χ3n) is 2.13. The average molecular weight is 242 g/mol. The Morgan fingerprint density at radius 1 is 0.833 bits per heavy atom. The molecule has 0 aliphatic rings. The van der Waals surface area contributed by atoms with Gasteiger partial charge in [-0.1, -0.05) is 0 Å². The van der Waals surface area contributed by atoms with Crippen LogP contribution in [0.4, 0.5) is 0 Å². The van der Waals surface area contributed by atoms with Crippen LogP contribution in [0.5, 0.6) is 0 Å². The van der Waals surface area contributed by atoms with Crippen LogP contribution in [0.2, 0.25) is 0 Å². The van der Waals surface area contributed by atoms with E-state index in [4.69, 9.17) is 8.83 Å². The number of ketones is 2. The molecule has 90 valence electrons. The van der Waals surface area contributed by atoms with Gasteiger partial charge in [-0.05, 0) is 48.6 Å². The highest BCUT2D eigenvalue weighted by atomic mass is 16.3.